The number of rotatable bonds is 6. The SMILES string of the molecule is Cc1c([C@H]2CCOC[C@@H](NC(=O)/C=C/CN3CCCCC3)C2)[nH]c2nnc(-c3ccccc3O)cc12. The van der Waals surface area contributed by atoms with Gasteiger partial charge < -0.3 is 20.1 Å². The lowest BCUT2D eigenvalue weighted by Crippen LogP contribution is -2.37. The van der Waals surface area contributed by atoms with Gasteiger partial charge in [0.1, 0.15) is 5.75 Å². The zero-order valence-electron chi connectivity index (χ0n) is 20.9. The van der Waals surface area contributed by atoms with Gasteiger partial charge in [-0.1, -0.05) is 24.6 Å². The fourth-order valence-electron chi connectivity index (χ4n) is 5.41. The molecule has 2 aromatic heterocycles. The number of hydrogen-bond acceptors (Lipinski definition) is 6. The van der Waals surface area contributed by atoms with Gasteiger partial charge in [0.05, 0.1) is 18.3 Å². The summed E-state index contributed by atoms with van der Waals surface area (Å²) < 4.78 is 5.85. The van der Waals surface area contributed by atoms with Crippen molar-refractivity contribution in [3.63, 3.8) is 0 Å². The molecule has 3 aromatic rings. The minimum Gasteiger partial charge on any atom is -0.507 e. The molecule has 2 fully saturated rings. The largest absolute Gasteiger partial charge is 0.507 e. The Morgan fingerprint density at radius 1 is 1.25 bits per heavy atom. The molecule has 2 saturated heterocycles. The number of phenols is 1. The molecular weight excluding hydrogens is 454 g/mol. The fraction of sp³-hybridized carbons (Fsp3) is 0.464. The van der Waals surface area contributed by atoms with Gasteiger partial charge in [0.25, 0.3) is 0 Å². The molecule has 190 valence electrons. The highest BCUT2D eigenvalue weighted by molar-refractivity contribution is 5.88. The Labute approximate surface area is 211 Å². The number of fused-ring (bicyclic) bond motifs is 1. The number of carbonyl (C=O) groups excluding carboxylic acids is 1. The average molecular weight is 490 g/mol. The zero-order chi connectivity index (χ0) is 24.9. The van der Waals surface area contributed by atoms with Crippen LogP contribution in [0.5, 0.6) is 5.75 Å². The van der Waals surface area contributed by atoms with Crippen LogP contribution < -0.4 is 5.32 Å². The predicted molar refractivity (Wildman–Crippen MR) is 140 cm³/mol. The van der Waals surface area contributed by atoms with E-state index in [4.69, 9.17) is 4.74 Å². The molecule has 0 saturated carbocycles. The van der Waals surface area contributed by atoms with Crippen molar-refractivity contribution in [2.45, 2.75) is 51.0 Å². The van der Waals surface area contributed by atoms with Gasteiger partial charge in [0, 0.05) is 41.8 Å². The number of aromatic hydroxyl groups is 1. The number of hydrogen-bond donors (Lipinski definition) is 3. The Morgan fingerprint density at radius 2 is 2.08 bits per heavy atom. The standard InChI is InChI=1S/C28H35N5O3/c1-19-23-17-24(22-8-3-4-9-25(22)34)31-32-28(23)30-27(19)20-11-15-36-18-21(16-20)29-26(35)10-7-14-33-12-5-2-6-13-33/h3-4,7-10,17,20-21,34H,2,5-6,11-16,18H2,1H3,(H,29,35)(H,30,32)/b10-7+/t20-,21-/m0/s1. The van der Waals surface area contributed by atoms with Crippen LogP contribution in [0.3, 0.4) is 0 Å². The molecule has 8 nitrogen and oxygen atoms in total. The monoisotopic (exact) mass is 489 g/mol. The second-order valence-corrected chi connectivity index (χ2v) is 9.94. The molecule has 0 spiro atoms. The Bertz CT molecular complexity index is 1230. The fourth-order valence-corrected chi connectivity index (χ4v) is 5.41. The molecule has 2 aliphatic heterocycles. The van der Waals surface area contributed by atoms with E-state index in [1.54, 1.807) is 18.2 Å². The first kappa shape index (κ1) is 24.5. The third-order valence-electron chi connectivity index (χ3n) is 7.37. The normalized spacial score (nSPS) is 21.6. The maximum absolute atomic E-state index is 12.6. The number of nitrogens with one attached hydrogen (secondary N) is 2. The van der Waals surface area contributed by atoms with Crippen molar-refractivity contribution in [2.75, 3.05) is 32.8 Å². The lowest BCUT2D eigenvalue weighted by Gasteiger charge is -2.24. The molecule has 1 aromatic carbocycles. The molecular formula is C28H35N5O3. The van der Waals surface area contributed by atoms with E-state index in [2.05, 4.69) is 32.3 Å². The Kier molecular flexibility index (Phi) is 7.63. The molecule has 2 atom stereocenters. The highest BCUT2D eigenvalue weighted by Crippen LogP contribution is 2.35. The van der Waals surface area contributed by atoms with Crippen molar-refractivity contribution in [3.8, 4) is 17.0 Å². The van der Waals surface area contributed by atoms with Crippen molar-refractivity contribution >= 4 is 16.9 Å². The van der Waals surface area contributed by atoms with E-state index >= 15 is 0 Å². The summed E-state index contributed by atoms with van der Waals surface area (Å²) in [6, 6.07) is 9.08. The third kappa shape index (κ3) is 5.60. The third-order valence-corrected chi connectivity index (χ3v) is 7.37. The number of aromatic amines is 1. The first-order chi connectivity index (χ1) is 17.6. The van der Waals surface area contributed by atoms with Gasteiger partial charge in [-0.3, -0.25) is 9.69 Å². The average Bonchev–Trinajstić information content (AvgIpc) is 3.05. The van der Waals surface area contributed by atoms with Crippen LogP contribution in [0.15, 0.2) is 42.5 Å². The smallest absolute Gasteiger partial charge is 0.244 e. The van der Waals surface area contributed by atoms with E-state index < -0.39 is 0 Å². The topological polar surface area (TPSA) is 103 Å². The van der Waals surface area contributed by atoms with E-state index in [-0.39, 0.29) is 23.6 Å². The summed E-state index contributed by atoms with van der Waals surface area (Å²) in [7, 11) is 0. The van der Waals surface area contributed by atoms with E-state index in [9.17, 15) is 9.90 Å². The highest BCUT2D eigenvalue weighted by atomic mass is 16.5. The van der Waals surface area contributed by atoms with Crippen molar-refractivity contribution in [1.82, 2.24) is 25.4 Å². The Hall–Kier alpha value is -3.23. The first-order valence-corrected chi connectivity index (χ1v) is 13.0. The zero-order valence-corrected chi connectivity index (χ0v) is 20.9. The van der Waals surface area contributed by atoms with Crippen molar-refractivity contribution in [1.29, 1.82) is 0 Å². The number of phenolic OH excluding ortho intramolecular Hbond substituents is 1. The molecule has 0 bridgehead atoms. The number of carbonyl (C=O) groups is 1. The van der Waals surface area contributed by atoms with Crippen molar-refractivity contribution < 1.29 is 14.6 Å². The second kappa shape index (κ2) is 11.2. The number of aromatic nitrogens is 3. The van der Waals surface area contributed by atoms with E-state index in [1.807, 2.05) is 24.3 Å². The number of nitrogens with zero attached hydrogens (tertiary/aromatic N) is 3. The highest BCUT2D eigenvalue weighted by Gasteiger charge is 2.26. The van der Waals surface area contributed by atoms with Gasteiger partial charge in [-0.25, -0.2) is 0 Å². The number of ether oxygens (including phenoxy) is 1. The molecule has 36 heavy (non-hydrogen) atoms. The molecule has 0 unspecified atom stereocenters. The van der Waals surface area contributed by atoms with Gasteiger partial charge in [-0.05, 0) is 69.5 Å². The first-order valence-electron chi connectivity index (χ1n) is 13.0. The number of piperidine rings is 1. The number of para-hydroxylation sites is 1. The second-order valence-electron chi connectivity index (χ2n) is 9.94. The van der Waals surface area contributed by atoms with E-state index in [0.29, 0.717) is 24.5 Å². The predicted octanol–water partition coefficient (Wildman–Crippen LogP) is 4.06. The maximum Gasteiger partial charge on any atom is 0.244 e. The number of H-pyrrole nitrogens is 1. The molecule has 0 aliphatic carbocycles. The number of benzene rings is 1. The molecule has 4 heterocycles. The summed E-state index contributed by atoms with van der Waals surface area (Å²) >= 11 is 0. The quantitative estimate of drug-likeness (QED) is 0.451. The van der Waals surface area contributed by atoms with Crippen LogP contribution in [-0.4, -0.2) is 70.0 Å². The van der Waals surface area contributed by atoms with Crippen LogP contribution in [0, 0.1) is 6.92 Å². The Balaban J connectivity index is 1.28. The summed E-state index contributed by atoms with van der Waals surface area (Å²) in [6.07, 6.45) is 9.09. The van der Waals surface area contributed by atoms with Crippen LogP contribution >= 0.6 is 0 Å². The molecule has 2 aliphatic rings. The summed E-state index contributed by atoms with van der Waals surface area (Å²) in [5, 5.41) is 23.1. The molecule has 3 N–H and O–H groups in total. The molecule has 1 amide bonds. The number of aryl methyl sites for hydroxylation is 1. The van der Waals surface area contributed by atoms with Gasteiger partial charge >= 0.3 is 0 Å². The van der Waals surface area contributed by atoms with Crippen LogP contribution in [0.1, 0.15) is 49.3 Å². The summed E-state index contributed by atoms with van der Waals surface area (Å²) in [5.41, 5.74) is 4.26. The minimum atomic E-state index is -0.0622. The van der Waals surface area contributed by atoms with Crippen molar-refractivity contribution in [2.24, 2.45) is 0 Å². The Morgan fingerprint density at radius 3 is 2.92 bits per heavy atom. The van der Waals surface area contributed by atoms with Crippen LogP contribution in [-0.2, 0) is 9.53 Å². The summed E-state index contributed by atoms with van der Waals surface area (Å²) in [5.74, 6) is 0.328. The van der Waals surface area contributed by atoms with Gasteiger partial charge in [-0.2, -0.15) is 0 Å². The number of likely N-dealkylation sites (tertiary alicyclic amines) is 1. The van der Waals surface area contributed by atoms with Gasteiger partial charge in [0.15, 0.2) is 5.65 Å². The summed E-state index contributed by atoms with van der Waals surface area (Å²) in [4.78, 5) is 18.5. The van der Waals surface area contributed by atoms with Crippen LogP contribution in [0.4, 0.5) is 0 Å². The lowest BCUT2D eigenvalue weighted by molar-refractivity contribution is -0.117. The lowest BCUT2D eigenvalue weighted by atomic mass is 9.92. The van der Waals surface area contributed by atoms with Gasteiger partial charge in [-0.15, -0.1) is 10.2 Å². The van der Waals surface area contributed by atoms with Gasteiger partial charge in [0.2, 0.25) is 5.91 Å². The van der Waals surface area contributed by atoms with E-state index in [0.717, 1.165) is 54.8 Å². The molecule has 0 radical (unpaired) electrons. The molecule has 5 rings (SSSR count). The van der Waals surface area contributed by atoms with Crippen molar-refractivity contribution in [3.05, 3.63) is 53.7 Å². The van der Waals surface area contributed by atoms with E-state index in [1.165, 1.54) is 19.3 Å². The van der Waals surface area contributed by atoms with Crippen LogP contribution in [0.25, 0.3) is 22.3 Å². The van der Waals surface area contributed by atoms with Crippen LogP contribution in [0.2, 0.25) is 0 Å². The molecule has 8 heteroatoms. The minimum absolute atomic E-state index is 0.0571. The summed E-state index contributed by atoms with van der Waals surface area (Å²) in [6.45, 7) is 6.31. The maximum atomic E-state index is 12.6. The number of amides is 1.